The maximum atomic E-state index is 12.8. The summed E-state index contributed by atoms with van der Waals surface area (Å²) >= 11 is 1.20. The first-order chi connectivity index (χ1) is 12.0. The summed E-state index contributed by atoms with van der Waals surface area (Å²) in [7, 11) is 3.02. The molecule has 0 saturated carbocycles. The molecule has 0 bridgehead atoms. The summed E-state index contributed by atoms with van der Waals surface area (Å²) < 4.78 is 10.5. The lowest BCUT2D eigenvalue weighted by Gasteiger charge is -2.18. The van der Waals surface area contributed by atoms with Crippen molar-refractivity contribution in [3.05, 3.63) is 36.2 Å². The number of nitrogens with zero attached hydrogens (tertiary/aromatic N) is 3. The molecule has 0 spiro atoms. The number of methoxy groups -OCH3 is 2. The molecule has 0 unspecified atom stereocenters. The van der Waals surface area contributed by atoms with E-state index in [-0.39, 0.29) is 18.2 Å². The Morgan fingerprint density at radius 3 is 2.68 bits per heavy atom. The summed E-state index contributed by atoms with van der Waals surface area (Å²) in [6.45, 7) is 1.85. The van der Waals surface area contributed by atoms with Gasteiger partial charge in [0.05, 0.1) is 19.9 Å². The third-order valence-electron chi connectivity index (χ3n) is 3.75. The monoisotopic (exact) mass is 359 g/mol. The van der Waals surface area contributed by atoms with Gasteiger partial charge in [-0.25, -0.2) is 14.9 Å². The number of aromatic nitrogens is 2. The normalized spacial score (nSPS) is 17.1. The first-order valence-corrected chi connectivity index (χ1v) is 8.46. The highest BCUT2D eigenvalue weighted by Crippen LogP contribution is 2.38. The molecule has 2 heterocycles. The second kappa shape index (κ2) is 7.10. The van der Waals surface area contributed by atoms with Gasteiger partial charge in [-0.1, -0.05) is 11.8 Å². The first kappa shape index (κ1) is 17.2. The molecule has 1 aromatic heterocycles. The molecule has 0 radical (unpaired) electrons. The van der Waals surface area contributed by atoms with E-state index in [4.69, 9.17) is 9.47 Å². The summed E-state index contributed by atoms with van der Waals surface area (Å²) in [6, 6.07) is 6.74. The van der Waals surface area contributed by atoms with Crippen LogP contribution in [0.25, 0.3) is 0 Å². The highest BCUT2D eigenvalue weighted by Gasteiger charge is 2.41. The molecule has 3 rings (SSSR count). The van der Waals surface area contributed by atoms with Crippen LogP contribution in [0.5, 0.6) is 11.5 Å². The second-order valence-corrected chi connectivity index (χ2v) is 6.57. The molecule has 1 aliphatic heterocycles. The molecule has 2 aromatic rings. The van der Waals surface area contributed by atoms with Gasteiger partial charge in [-0.15, -0.1) is 0 Å². The second-order valence-electron chi connectivity index (χ2n) is 5.40. The minimum Gasteiger partial charge on any atom is -0.497 e. The van der Waals surface area contributed by atoms with Gasteiger partial charge in [0, 0.05) is 24.4 Å². The molecular formula is C17H17N3O4S. The molecule has 1 aliphatic rings. The number of rotatable bonds is 5. The summed E-state index contributed by atoms with van der Waals surface area (Å²) in [6.07, 6.45) is 1.73. The zero-order valence-electron chi connectivity index (χ0n) is 14.1. The minimum atomic E-state index is -0.555. The number of amides is 2. The molecule has 25 heavy (non-hydrogen) atoms. The van der Waals surface area contributed by atoms with E-state index in [1.165, 1.54) is 26.0 Å². The number of ether oxygens (including phenoxy) is 2. The largest absolute Gasteiger partial charge is 0.497 e. The lowest BCUT2D eigenvalue weighted by Crippen LogP contribution is -2.31. The fourth-order valence-electron chi connectivity index (χ4n) is 2.53. The number of hydrogen-bond donors (Lipinski definition) is 0. The van der Waals surface area contributed by atoms with Crippen molar-refractivity contribution < 1.29 is 19.1 Å². The van der Waals surface area contributed by atoms with Crippen LogP contribution in [-0.4, -0.2) is 41.3 Å². The van der Waals surface area contributed by atoms with Crippen LogP contribution >= 0.6 is 11.8 Å². The van der Waals surface area contributed by atoms with Crippen molar-refractivity contribution in [3.63, 3.8) is 0 Å². The lowest BCUT2D eigenvalue weighted by atomic mass is 10.2. The Balaban J connectivity index is 1.86. The molecule has 0 aliphatic carbocycles. The van der Waals surface area contributed by atoms with E-state index in [9.17, 15) is 9.59 Å². The van der Waals surface area contributed by atoms with Crippen molar-refractivity contribution in [2.45, 2.75) is 23.8 Å². The smallest absolute Gasteiger partial charge is 0.248 e. The summed E-state index contributed by atoms with van der Waals surface area (Å²) in [5.74, 6) is 0.402. The molecule has 130 valence electrons. The first-order valence-electron chi connectivity index (χ1n) is 7.58. The number of imide groups is 1. The number of thioether (sulfide) groups is 1. The summed E-state index contributed by atoms with van der Waals surface area (Å²) in [4.78, 5) is 34.8. The Hall–Kier alpha value is -2.61. The Morgan fingerprint density at radius 1 is 1.20 bits per heavy atom. The summed E-state index contributed by atoms with van der Waals surface area (Å²) in [5.41, 5.74) is 1.22. The zero-order chi connectivity index (χ0) is 18.0. The highest BCUT2D eigenvalue weighted by atomic mass is 32.2. The fraction of sp³-hybridized carbons (Fsp3) is 0.294. The zero-order valence-corrected chi connectivity index (χ0v) is 14.9. The lowest BCUT2D eigenvalue weighted by molar-refractivity contribution is -0.121. The van der Waals surface area contributed by atoms with Gasteiger partial charge < -0.3 is 9.47 Å². The average Bonchev–Trinajstić information content (AvgIpc) is 2.88. The van der Waals surface area contributed by atoms with E-state index in [1.807, 2.05) is 6.92 Å². The highest BCUT2D eigenvalue weighted by molar-refractivity contribution is 8.00. The van der Waals surface area contributed by atoms with Crippen LogP contribution in [0.1, 0.15) is 12.1 Å². The third kappa shape index (κ3) is 3.43. The maximum Gasteiger partial charge on any atom is 0.248 e. The maximum absolute atomic E-state index is 12.8. The van der Waals surface area contributed by atoms with Crippen LogP contribution in [0.4, 0.5) is 5.69 Å². The van der Waals surface area contributed by atoms with E-state index in [1.54, 1.807) is 30.5 Å². The van der Waals surface area contributed by atoms with Gasteiger partial charge >= 0.3 is 0 Å². The van der Waals surface area contributed by atoms with Gasteiger partial charge in [0.15, 0.2) is 5.16 Å². The number of hydrogen-bond acceptors (Lipinski definition) is 7. The van der Waals surface area contributed by atoms with Gasteiger partial charge in [0.1, 0.15) is 16.7 Å². The van der Waals surface area contributed by atoms with Crippen molar-refractivity contribution in [1.29, 1.82) is 0 Å². The van der Waals surface area contributed by atoms with Gasteiger partial charge in [-0.2, -0.15) is 0 Å². The summed E-state index contributed by atoms with van der Waals surface area (Å²) in [5, 5.41) is -0.0733. The molecule has 1 fully saturated rings. The van der Waals surface area contributed by atoms with Crippen LogP contribution in [0.15, 0.2) is 35.6 Å². The predicted molar refractivity (Wildman–Crippen MR) is 93.1 cm³/mol. The Kier molecular flexibility index (Phi) is 4.89. The molecule has 8 heteroatoms. The number of carbonyl (C=O) groups is 2. The van der Waals surface area contributed by atoms with E-state index < -0.39 is 5.25 Å². The van der Waals surface area contributed by atoms with Crippen molar-refractivity contribution >= 4 is 29.3 Å². The molecule has 1 saturated heterocycles. The molecule has 0 N–H and O–H groups in total. The number of anilines is 1. The number of benzene rings is 1. The van der Waals surface area contributed by atoms with Crippen molar-refractivity contribution in [2.75, 3.05) is 19.1 Å². The van der Waals surface area contributed by atoms with Crippen LogP contribution in [0.3, 0.4) is 0 Å². The molecule has 1 atom stereocenters. The van der Waals surface area contributed by atoms with Gasteiger partial charge in [-0.05, 0) is 25.1 Å². The third-order valence-corrected chi connectivity index (χ3v) is 4.81. The van der Waals surface area contributed by atoms with Gasteiger partial charge in [-0.3, -0.25) is 9.59 Å². The van der Waals surface area contributed by atoms with E-state index in [0.29, 0.717) is 22.3 Å². The minimum absolute atomic E-state index is 0.0932. The van der Waals surface area contributed by atoms with Crippen LogP contribution in [0, 0.1) is 6.92 Å². The van der Waals surface area contributed by atoms with Crippen molar-refractivity contribution in [2.24, 2.45) is 0 Å². The Bertz CT molecular complexity index is 827. The molecule has 7 nitrogen and oxygen atoms in total. The van der Waals surface area contributed by atoms with Crippen molar-refractivity contribution in [1.82, 2.24) is 9.97 Å². The molecular weight excluding hydrogens is 342 g/mol. The SMILES string of the molecule is COc1ccc(N2C(=O)C[C@@H](Sc3nccc(C)n3)C2=O)c(OC)c1. The average molecular weight is 359 g/mol. The fourth-order valence-corrected chi connectivity index (χ4v) is 3.53. The number of carbonyl (C=O) groups excluding carboxylic acids is 2. The Morgan fingerprint density at radius 2 is 2.00 bits per heavy atom. The molecule has 1 aromatic carbocycles. The van der Waals surface area contributed by atoms with E-state index in [2.05, 4.69) is 9.97 Å². The quantitative estimate of drug-likeness (QED) is 0.598. The van der Waals surface area contributed by atoms with Gasteiger partial charge in [0.25, 0.3) is 0 Å². The van der Waals surface area contributed by atoms with Gasteiger partial charge in [0.2, 0.25) is 11.8 Å². The molecule has 2 amide bonds. The topological polar surface area (TPSA) is 81.6 Å². The Labute approximate surface area is 149 Å². The van der Waals surface area contributed by atoms with E-state index in [0.717, 1.165) is 10.6 Å². The van der Waals surface area contributed by atoms with E-state index >= 15 is 0 Å². The predicted octanol–water partition coefficient (Wildman–Crippen LogP) is 2.23. The van der Waals surface area contributed by atoms with Crippen LogP contribution < -0.4 is 14.4 Å². The standard InChI is InChI=1S/C17H17N3O4S/c1-10-6-7-18-17(19-10)25-14-9-15(21)20(16(14)22)12-5-4-11(23-2)8-13(12)24-3/h4-8,14H,9H2,1-3H3/t14-/m1/s1. The van der Waals surface area contributed by atoms with Crippen LogP contribution in [0.2, 0.25) is 0 Å². The van der Waals surface area contributed by atoms with Crippen molar-refractivity contribution in [3.8, 4) is 11.5 Å². The number of aryl methyl sites for hydroxylation is 1. The van der Waals surface area contributed by atoms with Crippen LogP contribution in [-0.2, 0) is 9.59 Å².